The van der Waals surface area contributed by atoms with E-state index in [0.717, 1.165) is 18.7 Å². The van der Waals surface area contributed by atoms with Crippen molar-refractivity contribution in [2.24, 2.45) is 5.92 Å². The van der Waals surface area contributed by atoms with Crippen LogP contribution in [0.3, 0.4) is 0 Å². The lowest BCUT2D eigenvalue weighted by Crippen LogP contribution is -2.43. The Balaban J connectivity index is 1.89. The summed E-state index contributed by atoms with van der Waals surface area (Å²) in [6.45, 7) is 9.90. The van der Waals surface area contributed by atoms with Crippen LogP contribution in [-0.2, 0) is 22.3 Å². The minimum atomic E-state index is -4.42. The minimum Gasteiger partial charge on any atom is -0.355 e. The molecule has 0 bridgehead atoms. The summed E-state index contributed by atoms with van der Waals surface area (Å²) >= 11 is 0. The summed E-state index contributed by atoms with van der Waals surface area (Å²) in [7, 11) is 0. The van der Waals surface area contributed by atoms with Crippen LogP contribution in [0.1, 0.15) is 45.2 Å². The van der Waals surface area contributed by atoms with Gasteiger partial charge in [-0.15, -0.1) is 0 Å². The molecular formula is C21H30F3N3O2. The molecule has 1 fully saturated rings. The SMILES string of the molecule is CC(C)N(CCNC(=O)C1CC(=O)N(Cc2cccc(C(F)(F)F)c2)C1)C(C)C. The van der Waals surface area contributed by atoms with Crippen molar-refractivity contribution in [3.63, 3.8) is 0 Å². The van der Waals surface area contributed by atoms with E-state index in [9.17, 15) is 22.8 Å². The Labute approximate surface area is 170 Å². The Kier molecular flexibility index (Phi) is 7.68. The lowest BCUT2D eigenvalue weighted by Gasteiger charge is -2.30. The van der Waals surface area contributed by atoms with Crippen LogP contribution in [0.15, 0.2) is 24.3 Å². The number of likely N-dealkylation sites (tertiary alicyclic amines) is 1. The quantitative estimate of drug-likeness (QED) is 0.712. The van der Waals surface area contributed by atoms with Crippen molar-refractivity contribution in [2.75, 3.05) is 19.6 Å². The lowest BCUT2D eigenvalue weighted by molar-refractivity contribution is -0.137. The van der Waals surface area contributed by atoms with Crippen LogP contribution in [0.2, 0.25) is 0 Å². The van der Waals surface area contributed by atoms with Crippen molar-refractivity contribution in [1.29, 1.82) is 0 Å². The van der Waals surface area contributed by atoms with Crippen LogP contribution >= 0.6 is 0 Å². The van der Waals surface area contributed by atoms with Gasteiger partial charge in [0.2, 0.25) is 11.8 Å². The van der Waals surface area contributed by atoms with E-state index in [-0.39, 0.29) is 31.3 Å². The van der Waals surface area contributed by atoms with Crippen LogP contribution in [0.5, 0.6) is 0 Å². The number of halogens is 3. The summed E-state index contributed by atoms with van der Waals surface area (Å²) in [4.78, 5) is 28.4. The number of alkyl halides is 3. The topological polar surface area (TPSA) is 52.7 Å². The smallest absolute Gasteiger partial charge is 0.355 e. The molecule has 1 aromatic rings. The van der Waals surface area contributed by atoms with Crippen molar-refractivity contribution in [2.45, 2.75) is 58.9 Å². The molecule has 0 aliphatic carbocycles. The predicted octanol–water partition coefficient (Wildman–Crippen LogP) is 3.29. The summed E-state index contributed by atoms with van der Waals surface area (Å²) in [5.74, 6) is -0.870. The minimum absolute atomic E-state index is 0.0704. The number of benzene rings is 1. The molecule has 2 rings (SSSR count). The van der Waals surface area contributed by atoms with E-state index in [2.05, 4.69) is 37.9 Å². The van der Waals surface area contributed by atoms with E-state index in [0.29, 0.717) is 24.2 Å². The van der Waals surface area contributed by atoms with Crippen molar-refractivity contribution in [1.82, 2.24) is 15.1 Å². The standard InChI is InChI=1S/C21H30F3N3O2/c1-14(2)27(15(3)4)9-8-25-20(29)17-11-19(28)26(13-17)12-16-6-5-7-18(10-16)21(22,23)24/h5-7,10,14-15,17H,8-9,11-13H2,1-4H3,(H,25,29). The van der Waals surface area contributed by atoms with Crippen molar-refractivity contribution < 1.29 is 22.8 Å². The maximum atomic E-state index is 12.9. The molecule has 29 heavy (non-hydrogen) atoms. The van der Waals surface area contributed by atoms with Gasteiger partial charge in [-0.25, -0.2) is 0 Å². The highest BCUT2D eigenvalue weighted by atomic mass is 19.4. The van der Waals surface area contributed by atoms with E-state index in [1.165, 1.54) is 11.0 Å². The molecule has 1 N–H and O–H groups in total. The van der Waals surface area contributed by atoms with Gasteiger partial charge in [0.25, 0.3) is 0 Å². The number of hydrogen-bond acceptors (Lipinski definition) is 3. The highest BCUT2D eigenvalue weighted by molar-refractivity contribution is 5.89. The second-order valence-corrected chi connectivity index (χ2v) is 8.09. The average Bonchev–Trinajstić information content (AvgIpc) is 2.98. The molecule has 1 atom stereocenters. The zero-order chi connectivity index (χ0) is 21.8. The second kappa shape index (κ2) is 9.61. The molecule has 0 aromatic heterocycles. The predicted molar refractivity (Wildman–Crippen MR) is 105 cm³/mol. The maximum absolute atomic E-state index is 12.9. The van der Waals surface area contributed by atoms with E-state index in [1.807, 2.05) is 0 Å². The van der Waals surface area contributed by atoms with Gasteiger partial charge in [-0.1, -0.05) is 12.1 Å². The molecule has 1 aliphatic rings. The van der Waals surface area contributed by atoms with E-state index in [4.69, 9.17) is 0 Å². The Bertz CT molecular complexity index is 711. The number of amides is 2. The third-order valence-electron chi connectivity index (χ3n) is 5.21. The van der Waals surface area contributed by atoms with Crippen molar-refractivity contribution >= 4 is 11.8 Å². The van der Waals surface area contributed by atoms with Gasteiger partial charge in [-0.2, -0.15) is 13.2 Å². The molecule has 5 nitrogen and oxygen atoms in total. The summed E-state index contributed by atoms with van der Waals surface area (Å²) in [6.07, 6.45) is -4.34. The molecule has 0 spiro atoms. The summed E-state index contributed by atoms with van der Waals surface area (Å²) in [5.41, 5.74) is -0.338. The van der Waals surface area contributed by atoms with Crippen molar-refractivity contribution in [3.8, 4) is 0 Å². The fraction of sp³-hybridized carbons (Fsp3) is 0.619. The van der Waals surface area contributed by atoms with Gasteiger partial charge < -0.3 is 10.2 Å². The summed E-state index contributed by atoms with van der Waals surface area (Å²) < 4.78 is 38.6. The lowest BCUT2D eigenvalue weighted by atomic mass is 10.1. The molecule has 1 aromatic carbocycles. The van der Waals surface area contributed by atoms with Crippen LogP contribution < -0.4 is 5.32 Å². The molecular weight excluding hydrogens is 383 g/mol. The van der Waals surface area contributed by atoms with Gasteiger partial charge in [0.15, 0.2) is 0 Å². The highest BCUT2D eigenvalue weighted by Crippen LogP contribution is 2.30. The third kappa shape index (κ3) is 6.45. The molecule has 1 saturated heterocycles. The molecule has 2 amide bonds. The maximum Gasteiger partial charge on any atom is 0.416 e. The molecule has 0 radical (unpaired) electrons. The number of carbonyl (C=O) groups excluding carboxylic acids is 2. The Hall–Kier alpha value is -2.09. The Morgan fingerprint density at radius 1 is 1.24 bits per heavy atom. The van der Waals surface area contributed by atoms with Crippen LogP contribution in [0, 0.1) is 5.92 Å². The monoisotopic (exact) mass is 413 g/mol. The number of nitrogens with zero attached hydrogens (tertiary/aromatic N) is 2. The molecule has 162 valence electrons. The molecule has 1 unspecified atom stereocenters. The van der Waals surface area contributed by atoms with Crippen LogP contribution in [0.25, 0.3) is 0 Å². The summed E-state index contributed by atoms with van der Waals surface area (Å²) in [5, 5.41) is 2.89. The molecule has 1 aliphatic heterocycles. The fourth-order valence-corrected chi connectivity index (χ4v) is 3.73. The van der Waals surface area contributed by atoms with Gasteiger partial charge in [0, 0.05) is 44.7 Å². The Morgan fingerprint density at radius 2 is 1.90 bits per heavy atom. The fourth-order valence-electron chi connectivity index (χ4n) is 3.73. The van der Waals surface area contributed by atoms with Gasteiger partial charge in [0.05, 0.1) is 11.5 Å². The molecule has 0 saturated carbocycles. The van der Waals surface area contributed by atoms with E-state index in [1.54, 1.807) is 6.07 Å². The number of rotatable bonds is 8. The first-order chi connectivity index (χ1) is 13.5. The van der Waals surface area contributed by atoms with E-state index < -0.39 is 17.7 Å². The third-order valence-corrected chi connectivity index (χ3v) is 5.21. The van der Waals surface area contributed by atoms with E-state index >= 15 is 0 Å². The number of carbonyl (C=O) groups is 2. The zero-order valence-corrected chi connectivity index (χ0v) is 17.4. The van der Waals surface area contributed by atoms with Crippen LogP contribution in [0.4, 0.5) is 13.2 Å². The first-order valence-electron chi connectivity index (χ1n) is 9.96. The number of hydrogen-bond donors (Lipinski definition) is 1. The Morgan fingerprint density at radius 3 is 2.48 bits per heavy atom. The molecule has 8 heteroatoms. The van der Waals surface area contributed by atoms with Gasteiger partial charge in [0.1, 0.15) is 0 Å². The van der Waals surface area contributed by atoms with Gasteiger partial charge in [-0.05, 0) is 45.4 Å². The zero-order valence-electron chi connectivity index (χ0n) is 17.4. The van der Waals surface area contributed by atoms with Gasteiger partial charge in [-0.3, -0.25) is 14.5 Å². The highest BCUT2D eigenvalue weighted by Gasteiger charge is 2.35. The number of nitrogens with one attached hydrogen (secondary N) is 1. The normalized spacial score (nSPS) is 17.7. The molecule has 1 heterocycles. The first kappa shape index (κ1) is 23.2. The van der Waals surface area contributed by atoms with Crippen molar-refractivity contribution in [3.05, 3.63) is 35.4 Å². The second-order valence-electron chi connectivity index (χ2n) is 8.09. The summed E-state index contributed by atoms with van der Waals surface area (Å²) in [6, 6.07) is 5.67. The largest absolute Gasteiger partial charge is 0.416 e. The van der Waals surface area contributed by atoms with Gasteiger partial charge >= 0.3 is 6.18 Å². The average molecular weight is 413 g/mol. The first-order valence-corrected chi connectivity index (χ1v) is 9.96. The van der Waals surface area contributed by atoms with Crippen LogP contribution in [-0.4, -0.2) is 53.3 Å².